The summed E-state index contributed by atoms with van der Waals surface area (Å²) < 4.78 is 58.9. The first-order valence-electron chi connectivity index (χ1n) is 7.46. The summed E-state index contributed by atoms with van der Waals surface area (Å²) in [5.74, 6) is 0. The molecule has 1 fully saturated rings. The van der Waals surface area contributed by atoms with Gasteiger partial charge < -0.3 is 9.45 Å². The van der Waals surface area contributed by atoms with Crippen LogP contribution in [-0.2, 0) is 10.1 Å². The summed E-state index contributed by atoms with van der Waals surface area (Å²) in [5, 5.41) is 0. The van der Waals surface area contributed by atoms with Crippen LogP contribution in [0.5, 0.6) is 0 Å². The number of unbranched alkanes of at least 4 members (excludes halogenated alkanes) is 4. The summed E-state index contributed by atoms with van der Waals surface area (Å²) in [6.07, 6.45) is 10.1. The van der Waals surface area contributed by atoms with E-state index in [9.17, 15) is 13.2 Å². The average Bonchev–Trinajstić information content (AvgIpc) is 2.73. The molecule has 0 amide bonds. The number of likely N-dealkylation sites (tertiary alicyclic amines) is 1. The Morgan fingerprint density at radius 1 is 1.19 bits per heavy atom. The van der Waals surface area contributed by atoms with Crippen molar-refractivity contribution in [2.75, 3.05) is 13.1 Å². The van der Waals surface area contributed by atoms with E-state index in [0.29, 0.717) is 0 Å². The van der Waals surface area contributed by atoms with E-state index in [1.165, 1.54) is 58.0 Å². The topological polar surface area (TPSA) is 61.6 Å². The van der Waals surface area contributed by atoms with Gasteiger partial charge in [0.05, 0.1) is 19.1 Å². The van der Waals surface area contributed by atoms with Gasteiger partial charge in [-0.25, -0.2) is 8.42 Å². The summed E-state index contributed by atoms with van der Waals surface area (Å²) in [4.78, 5) is 1.87. The molecule has 128 valence electrons. The van der Waals surface area contributed by atoms with Gasteiger partial charge in [-0.2, -0.15) is 13.2 Å². The molecule has 4 nitrogen and oxygen atoms in total. The molecular formula is C13H26F3NO3S. The molecule has 1 N–H and O–H groups in total. The first-order valence-corrected chi connectivity index (χ1v) is 8.87. The van der Waals surface area contributed by atoms with Gasteiger partial charge in [-0.15, -0.1) is 0 Å². The second kappa shape index (κ2) is 9.63. The Balaban J connectivity index is 0.000000433. The number of nitrogens with one attached hydrogen (secondary N) is 1. The van der Waals surface area contributed by atoms with Gasteiger partial charge in [0, 0.05) is 12.8 Å². The van der Waals surface area contributed by atoms with Crippen molar-refractivity contribution in [3.63, 3.8) is 0 Å². The minimum Gasteiger partial charge on any atom is -0.741 e. The van der Waals surface area contributed by atoms with Gasteiger partial charge in [-0.3, -0.25) is 0 Å². The minimum atomic E-state index is -6.09. The number of hydrogen-bond acceptors (Lipinski definition) is 3. The van der Waals surface area contributed by atoms with Gasteiger partial charge in [0.25, 0.3) is 0 Å². The van der Waals surface area contributed by atoms with Crippen molar-refractivity contribution in [2.24, 2.45) is 0 Å². The van der Waals surface area contributed by atoms with Crippen LogP contribution in [0.1, 0.15) is 58.8 Å². The van der Waals surface area contributed by atoms with Crippen LogP contribution in [0, 0.1) is 0 Å². The summed E-state index contributed by atoms with van der Waals surface area (Å²) in [6.45, 7) is 7.57. The van der Waals surface area contributed by atoms with Gasteiger partial charge in [-0.05, 0) is 19.8 Å². The lowest BCUT2D eigenvalue weighted by atomic mass is 10.1. The number of halogens is 3. The van der Waals surface area contributed by atoms with E-state index >= 15 is 0 Å². The molecule has 0 radical (unpaired) electrons. The molecule has 2 atom stereocenters. The zero-order chi connectivity index (χ0) is 16.5. The van der Waals surface area contributed by atoms with Gasteiger partial charge in [0.1, 0.15) is 0 Å². The summed E-state index contributed by atoms with van der Waals surface area (Å²) in [7, 11) is -6.09. The molecule has 1 rings (SSSR count). The molecule has 0 saturated carbocycles. The first-order chi connectivity index (χ1) is 9.59. The standard InChI is InChI=1S/C12H25N.CHF3O3S/c1-3-4-5-6-7-10-13-11-8-9-12(13)2;2-1(3,4)8(5,6)7/h12H,3-11H2,1-2H3;(H,5,6,7). The molecule has 0 aromatic carbocycles. The Hall–Kier alpha value is -0.340. The maximum atomic E-state index is 10.7. The molecule has 2 unspecified atom stereocenters. The van der Waals surface area contributed by atoms with Crippen molar-refractivity contribution < 1.29 is 31.0 Å². The maximum Gasteiger partial charge on any atom is 0.485 e. The largest absolute Gasteiger partial charge is 0.741 e. The Kier molecular flexibility index (Phi) is 9.48. The lowest BCUT2D eigenvalue weighted by Gasteiger charge is -2.17. The van der Waals surface area contributed by atoms with Crippen molar-refractivity contribution in [3.05, 3.63) is 0 Å². The van der Waals surface area contributed by atoms with E-state index in [0.717, 1.165) is 6.04 Å². The van der Waals surface area contributed by atoms with Crippen LogP contribution in [0.3, 0.4) is 0 Å². The first kappa shape index (κ1) is 20.7. The Morgan fingerprint density at radius 3 is 2.10 bits per heavy atom. The lowest BCUT2D eigenvalue weighted by Crippen LogP contribution is -3.13. The second-order valence-corrected chi connectivity index (χ2v) is 6.89. The van der Waals surface area contributed by atoms with Crippen molar-refractivity contribution in [1.82, 2.24) is 0 Å². The predicted octanol–water partition coefficient (Wildman–Crippen LogP) is 2.08. The highest BCUT2D eigenvalue weighted by Gasteiger charge is 2.36. The molecule has 21 heavy (non-hydrogen) atoms. The highest BCUT2D eigenvalue weighted by Crippen LogP contribution is 2.20. The van der Waals surface area contributed by atoms with Crippen LogP contribution in [0.2, 0.25) is 0 Å². The van der Waals surface area contributed by atoms with Crippen LogP contribution in [0.15, 0.2) is 0 Å². The highest BCUT2D eigenvalue weighted by molar-refractivity contribution is 7.86. The van der Waals surface area contributed by atoms with Crippen molar-refractivity contribution in [2.45, 2.75) is 70.3 Å². The number of rotatable bonds is 6. The van der Waals surface area contributed by atoms with Crippen LogP contribution >= 0.6 is 0 Å². The monoisotopic (exact) mass is 333 g/mol. The second-order valence-electron chi connectivity index (χ2n) is 5.52. The van der Waals surface area contributed by atoms with E-state index in [1.807, 2.05) is 4.90 Å². The molecule has 0 aromatic rings. The highest BCUT2D eigenvalue weighted by atomic mass is 32.2. The number of quaternary nitrogens is 1. The number of hydrogen-bond donors (Lipinski definition) is 1. The van der Waals surface area contributed by atoms with Crippen molar-refractivity contribution in [1.29, 1.82) is 0 Å². The molecule has 0 bridgehead atoms. The van der Waals surface area contributed by atoms with Crippen LogP contribution in [-0.4, -0.2) is 37.6 Å². The zero-order valence-electron chi connectivity index (χ0n) is 12.7. The fourth-order valence-corrected chi connectivity index (χ4v) is 2.41. The molecule has 1 aliphatic rings. The molecule has 0 spiro atoms. The fourth-order valence-electron chi connectivity index (χ4n) is 2.41. The van der Waals surface area contributed by atoms with E-state index in [-0.39, 0.29) is 0 Å². The van der Waals surface area contributed by atoms with Crippen molar-refractivity contribution in [3.8, 4) is 0 Å². The van der Waals surface area contributed by atoms with E-state index in [2.05, 4.69) is 13.8 Å². The third kappa shape index (κ3) is 9.31. The Bertz CT molecular complexity index is 371. The van der Waals surface area contributed by atoms with Gasteiger partial charge in [-0.1, -0.05) is 26.2 Å². The lowest BCUT2D eigenvalue weighted by molar-refractivity contribution is -0.910. The Labute approximate surface area is 125 Å². The van der Waals surface area contributed by atoms with Gasteiger partial charge in [0.2, 0.25) is 0 Å². The minimum absolute atomic E-state index is 0.950. The molecule has 1 saturated heterocycles. The van der Waals surface area contributed by atoms with E-state index in [4.69, 9.17) is 13.0 Å². The number of alkyl halides is 3. The van der Waals surface area contributed by atoms with Crippen LogP contribution in [0.4, 0.5) is 13.2 Å². The van der Waals surface area contributed by atoms with E-state index < -0.39 is 15.6 Å². The molecule has 8 heteroatoms. The fraction of sp³-hybridized carbons (Fsp3) is 1.00. The smallest absolute Gasteiger partial charge is 0.485 e. The van der Waals surface area contributed by atoms with Crippen molar-refractivity contribution >= 4 is 10.1 Å². The normalized spacial score (nSPS) is 22.8. The van der Waals surface area contributed by atoms with Crippen LogP contribution < -0.4 is 4.90 Å². The summed E-state index contributed by atoms with van der Waals surface area (Å²) in [5.41, 5.74) is -5.65. The van der Waals surface area contributed by atoms with Gasteiger partial charge >= 0.3 is 5.51 Å². The quantitative estimate of drug-likeness (QED) is 0.460. The summed E-state index contributed by atoms with van der Waals surface area (Å²) >= 11 is 0. The zero-order valence-corrected chi connectivity index (χ0v) is 13.5. The Morgan fingerprint density at radius 2 is 1.71 bits per heavy atom. The third-order valence-corrected chi connectivity index (χ3v) is 4.28. The average molecular weight is 333 g/mol. The SMILES string of the molecule is CCCCCCC[NH+]1CCCC1C.O=S(=O)([O-])C(F)(F)F. The molecule has 1 heterocycles. The molecule has 1 aliphatic heterocycles. The van der Waals surface area contributed by atoms with E-state index in [1.54, 1.807) is 0 Å². The molecule has 0 aromatic heterocycles. The third-order valence-electron chi connectivity index (χ3n) is 3.72. The summed E-state index contributed by atoms with van der Waals surface area (Å²) in [6, 6.07) is 0.950. The molecular weight excluding hydrogens is 307 g/mol. The molecule has 0 aliphatic carbocycles. The maximum absolute atomic E-state index is 10.7. The van der Waals surface area contributed by atoms with Crippen LogP contribution in [0.25, 0.3) is 0 Å². The predicted molar refractivity (Wildman–Crippen MR) is 73.9 cm³/mol. The van der Waals surface area contributed by atoms with Gasteiger partial charge in [0.15, 0.2) is 10.1 Å².